The third-order valence-corrected chi connectivity index (χ3v) is 4.21. The summed E-state index contributed by atoms with van der Waals surface area (Å²) in [6, 6.07) is 9.65. The van der Waals surface area contributed by atoms with Crippen molar-refractivity contribution in [3.05, 3.63) is 36.2 Å². The van der Waals surface area contributed by atoms with Crippen LogP contribution in [0.2, 0.25) is 0 Å². The highest BCUT2D eigenvalue weighted by atomic mass is 16.4. The summed E-state index contributed by atoms with van der Waals surface area (Å²) in [4.78, 5) is 16.5. The van der Waals surface area contributed by atoms with E-state index in [0.717, 1.165) is 38.3 Å². The van der Waals surface area contributed by atoms with E-state index in [9.17, 15) is 4.79 Å². The Hall–Kier alpha value is -2.21. The highest BCUT2D eigenvalue weighted by molar-refractivity contribution is 5.76. The van der Waals surface area contributed by atoms with Crippen LogP contribution in [0.25, 0.3) is 11.5 Å². The number of benzene rings is 1. The molecule has 0 spiro atoms. The molecule has 0 bridgehead atoms. The molecule has 0 aliphatic carbocycles. The topological polar surface area (TPSA) is 62.5 Å². The first kappa shape index (κ1) is 15.7. The fourth-order valence-electron chi connectivity index (χ4n) is 2.74. The first-order valence-corrected chi connectivity index (χ1v) is 8.14. The molecule has 0 atom stereocenters. The average Bonchev–Trinajstić information content (AvgIpc) is 3.09. The SMILES string of the molecule is CCN1CCN(C(=O)CCc2nnc(-c3ccccc3)o2)CC1. The van der Waals surface area contributed by atoms with E-state index in [-0.39, 0.29) is 5.91 Å². The van der Waals surface area contributed by atoms with Crippen LogP contribution in [0, 0.1) is 0 Å². The molecule has 1 aromatic carbocycles. The van der Waals surface area contributed by atoms with Crippen molar-refractivity contribution in [1.29, 1.82) is 0 Å². The number of hydrogen-bond acceptors (Lipinski definition) is 5. The van der Waals surface area contributed by atoms with Gasteiger partial charge in [0, 0.05) is 44.6 Å². The highest BCUT2D eigenvalue weighted by Crippen LogP contribution is 2.17. The van der Waals surface area contributed by atoms with Gasteiger partial charge >= 0.3 is 0 Å². The number of aryl methyl sites for hydroxylation is 1. The lowest BCUT2D eigenvalue weighted by Crippen LogP contribution is -2.48. The quantitative estimate of drug-likeness (QED) is 0.842. The molecule has 23 heavy (non-hydrogen) atoms. The molecule has 1 fully saturated rings. The standard InChI is InChI=1S/C17H22N4O2/c1-2-20-10-12-21(13-11-20)16(22)9-8-15-18-19-17(23-15)14-6-4-3-5-7-14/h3-7H,2,8-13H2,1H3. The Morgan fingerprint density at radius 1 is 1.13 bits per heavy atom. The second-order valence-electron chi connectivity index (χ2n) is 5.68. The summed E-state index contributed by atoms with van der Waals surface area (Å²) in [6.45, 7) is 6.74. The van der Waals surface area contributed by atoms with E-state index in [4.69, 9.17) is 4.42 Å². The van der Waals surface area contributed by atoms with Crippen LogP contribution in [0.1, 0.15) is 19.2 Å². The minimum absolute atomic E-state index is 0.167. The fraction of sp³-hybridized carbons (Fsp3) is 0.471. The fourth-order valence-corrected chi connectivity index (χ4v) is 2.74. The Morgan fingerprint density at radius 2 is 1.87 bits per heavy atom. The van der Waals surface area contributed by atoms with Crippen LogP contribution in [-0.4, -0.2) is 58.6 Å². The van der Waals surface area contributed by atoms with Crippen molar-refractivity contribution in [3.63, 3.8) is 0 Å². The molecule has 1 aliphatic rings. The first-order valence-electron chi connectivity index (χ1n) is 8.14. The predicted octanol–water partition coefficient (Wildman–Crippen LogP) is 1.83. The molecule has 122 valence electrons. The van der Waals surface area contributed by atoms with Crippen LogP contribution >= 0.6 is 0 Å². The second-order valence-corrected chi connectivity index (χ2v) is 5.68. The maximum Gasteiger partial charge on any atom is 0.247 e. The molecule has 2 heterocycles. The number of hydrogen-bond donors (Lipinski definition) is 0. The first-order chi connectivity index (χ1) is 11.3. The van der Waals surface area contributed by atoms with E-state index in [1.165, 1.54) is 0 Å². The molecule has 0 saturated carbocycles. The van der Waals surface area contributed by atoms with E-state index >= 15 is 0 Å². The Labute approximate surface area is 136 Å². The lowest BCUT2D eigenvalue weighted by Gasteiger charge is -2.34. The average molecular weight is 314 g/mol. The van der Waals surface area contributed by atoms with Crippen molar-refractivity contribution in [1.82, 2.24) is 20.0 Å². The minimum Gasteiger partial charge on any atom is -0.421 e. The Balaban J connectivity index is 1.51. The molecule has 6 nitrogen and oxygen atoms in total. The molecule has 1 amide bonds. The molecule has 0 N–H and O–H groups in total. The van der Waals surface area contributed by atoms with Gasteiger partial charge in [-0.05, 0) is 18.7 Å². The zero-order chi connectivity index (χ0) is 16.1. The number of amides is 1. The molecule has 0 unspecified atom stereocenters. The summed E-state index contributed by atoms with van der Waals surface area (Å²) >= 11 is 0. The molecule has 6 heteroatoms. The van der Waals surface area contributed by atoms with E-state index in [1.807, 2.05) is 35.2 Å². The molecule has 1 saturated heterocycles. The monoisotopic (exact) mass is 314 g/mol. The molecule has 0 radical (unpaired) electrons. The number of likely N-dealkylation sites (N-methyl/N-ethyl adjacent to an activating group) is 1. The van der Waals surface area contributed by atoms with Crippen LogP contribution in [0.4, 0.5) is 0 Å². The van der Waals surface area contributed by atoms with Crippen LogP contribution in [0.5, 0.6) is 0 Å². The zero-order valence-corrected chi connectivity index (χ0v) is 13.4. The van der Waals surface area contributed by atoms with Gasteiger partial charge in [-0.1, -0.05) is 25.1 Å². The van der Waals surface area contributed by atoms with Crippen molar-refractivity contribution in [2.24, 2.45) is 0 Å². The van der Waals surface area contributed by atoms with Crippen molar-refractivity contribution >= 4 is 5.91 Å². The smallest absolute Gasteiger partial charge is 0.247 e. The summed E-state index contributed by atoms with van der Waals surface area (Å²) < 4.78 is 5.64. The van der Waals surface area contributed by atoms with Crippen molar-refractivity contribution < 1.29 is 9.21 Å². The Bertz CT molecular complexity index is 633. The predicted molar refractivity (Wildman–Crippen MR) is 86.7 cm³/mol. The van der Waals surface area contributed by atoms with E-state index in [1.54, 1.807) is 0 Å². The van der Waals surface area contributed by atoms with Crippen LogP contribution in [0.15, 0.2) is 34.7 Å². The van der Waals surface area contributed by atoms with Gasteiger partial charge in [-0.3, -0.25) is 4.79 Å². The van der Waals surface area contributed by atoms with Crippen LogP contribution in [0.3, 0.4) is 0 Å². The Kier molecular flexibility index (Phi) is 5.02. The Morgan fingerprint density at radius 3 is 2.57 bits per heavy atom. The van der Waals surface area contributed by atoms with Crippen LogP contribution < -0.4 is 0 Å². The lowest BCUT2D eigenvalue weighted by atomic mass is 10.2. The van der Waals surface area contributed by atoms with Gasteiger partial charge in [0.25, 0.3) is 0 Å². The van der Waals surface area contributed by atoms with Crippen molar-refractivity contribution in [3.8, 4) is 11.5 Å². The summed E-state index contributed by atoms with van der Waals surface area (Å²) in [6.07, 6.45) is 0.912. The van der Waals surface area contributed by atoms with Crippen molar-refractivity contribution in [2.45, 2.75) is 19.8 Å². The van der Waals surface area contributed by atoms with Gasteiger partial charge in [-0.2, -0.15) is 0 Å². The van der Waals surface area contributed by atoms with E-state index in [2.05, 4.69) is 22.0 Å². The normalized spacial score (nSPS) is 15.8. The van der Waals surface area contributed by atoms with Gasteiger partial charge in [-0.25, -0.2) is 0 Å². The second kappa shape index (κ2) is 7.37. The van der Waals surface area contributed by atoms with Gasteiger partial charge in [0.2, 0.25) is 17.7 Å². The molecule has 1 aromatic heterocycles. The lowest BCUT2D eigenvalue weighted by molar-refractivity contribution is -0.132. The number of carbonyl (C=O) groups excluding carboxylic acids is 1. The van der Waals surface area contributed by atoms with Gasteiger partial charge in [0.05, 0.1) is 0 Å². The summed E-state index contributed by atoms with van der Waals surface area (Å²) in [5, 5.41) is 8.09. The van der Waals surface area contributed by atoms with E-state index < -0.39 is 0 Å². The minimum atomic E-state index is 0.167. The maximum absolute atomic E-state index is 12.3. The number of rotatable bonds is 5. The van der Waals surface area contributed by atoms with Gasteiger partial charge in [0.15, 0.2) is 0 Å². The largest absolute Gasteiger partial charge is 0.421 e. The van der Waals surface area contributed by atoms with Crippen molar-refractivity contribution in [2.75, 3.05) is 32.7 Å². The zero-order valence-electron chi connectivity index (χ0n) is 13.4. The number of carbonyl (C=O) groups is 1. The third-order valence-electron chi connectivity index (χ3n) is 4.21. The summed E-state index contributed by atoms with van der Waals surface area (Å²) in [5.74, 6) is 1.19. The summed E-state index contributed by atoms with van der Waals surface area (Å²) in [5.41, 5.74) is 0.897. The summed E-state index contributed by atoms with van der Waals surface area (Å²) in [7, 11) is 0. The number of piperazine rings is 1. The van der Waals surface area contributed by atoms with Crippen LogP contribution in [-0.2, 0) is 11.2 Å². The third kappa shape index (κ3) is 3.96. The van der Waals surface area contributed by atoms with Gasteiger partial charge < -0.3 is 14.2 Å². The molecule has 2 aromatic rings. The highest BCUT2D eigenvalue weighted by Gasteiger charge is 2.20. The number of nitrogens with zero attached hydrogens (tertiary/aromatic N) is 4. The molecular weight excluding hydrogens is 292 g/mol. The van der Waals surface area contributed by atoms with Gasteiger partial charge in [0.1, 0.15) is 0 Å². The molecule has 1 aliphatic heterocycles. The van der Waals surface area contributed by atoms with Gasteiger partial charge in [-0.15, -0.1) is 10.2 Å². The molecule has 3 rings (SSSR count). The molecular formula is C17H22N4O2. The number of aromatic nitrogens is 2. The van der Waals surface area contributed by atoms with E-state index in [0.29, 0.717) is 24.6 Å². The maximum atomic E-state index is 12.3.